The van der Waals surface area contributed by atoms with Crippen LogP contribution >= 0.6 is 0 Å². The van der Waals surface area contributed by atoms with E-state index in [1.807, 2.05) is 0 Å². The summed E-state index contributed by atoms with van der Waals surface area (Å²) >= 11 is 0. The Morgan fingerprint density at radius 2 is 2.42 bits per heavy atom. The fourth-order valence-electron chi connectivity index (χ4n) is 1.26. The molecule has 1 heterocycles. The monoisotopic (exact) mass is 169 g/mol. The van der Waals surface area contributed by atoms with Gasteiger partial charge in [0.15, 0.2) is 0 Å². The molecule has 12 heavy (non-hydrogen) atoms. The van der Waals surface area contributed by atoms with E-state index in [1.54, 1.807) is 6.08 Å². The maximum atomic E-state index is 11.0. The third-order valence-electron chi connectivity index (χ3n) is 2.12. The van der Waals surface area contributed by atoms with Gasteiger partial charge < -0.3 is 10.1 Å². The first kappa shape index (κ1) is 9.10. The first-order chi connectivity index (χ1) is 5.63. The van der Waals surface area contributed by atoms with E-state index in [0.717, 1.165) is 6.42 Å². The molecule has 1 amide bonds. The Hall–Kier alpha value is -0.990. The summed E-state index contributed by atoms with van der Waals surface area (Å²) in [5.74, 6) is 0.445. The molecule has 1 saturated heterocycles. The maximum absolute atomic E-state index is 11.0. The second kappa shape index (κ2) is 3.61. The van der Waals surface area contributed by atoms with E-state index in [0.29, 0.717) is 5.92 Å². The van der Waals surface area contributed by atoms with Crippen molar-refractivity contribution in [2.75, 3.05) is 0 Å². The van der Waals surface area contributed by atoms with E-state index in [2.05, 4.69) is 25.7 Å². The molecule has 1 aliphatic heterocycles. The maximum Gasteiger partial charge on any atom is 0.407 e. The normalized spacial score (nSPS) is 29.4. The first-order valence-electron chi connectivity index (χ1n) is 4.23. The summed E-state index contributed by atoms with van der Waals surface area (Å²) in [7, 11) is 0. The molecule has 0 bridgehead atoms. The predicted molar refractivity (Wildman–Crippen MR) is 46.8 cm³/mol. The van der Waals surface area contributed by atoms with Gasteiger partial charge in [-0.3, -0.25) is 0 Å². The molecule has 0 spiro atoms. The molecule has 0 saturated carbocycles. The summed E-state index contributed by atoms with van der Waals surface area (Å²) in [6.45, 7) is 7.77. The average Bonchev–Trinajstić information content (AvgIpc) is 2.03. The Labute approximate surface area is 72.8 Å². The fraction of sp³-hybridized carbons (Fsp3) is 0.667. The van der Waals surface area contributed by atoms with Crippen LogP contribution in [0.4, 0.5) is 4.79 Å². The van der Waals surface area contributed by atoms with E-state index < -0.39 is 0 Å². The molecule has 0 aromatic heterocycles. The Balaban J connectivity index is 2.56. The van der Waals surface area contributed by atoms with Crippen LogP contribution in [0.15, 0.2) is 12.7 Å². The van der Waals surface area contributed by atoms with E-state index in [-0.39, 0.29) is 18.2 Å². The van der Waals surface area contributed by atoms with Crippen LogP contribution in [0.2, 0.25) is 0 Å². The molecule has 0 aromatic carbocycles. The number of hydrogen-bond acceptors (Lipinski definition) is 2. The molecule has 1 fully saturated rings. The minimum absolute atomic E-state index is 0.119. The van der Waals surface area contributed by atoms with Gasteiger partial charge >= 0.3 is 6.09 Å². The Kier molecular flexibility index (Phi) is 2.74. The number of nitrogens with one attached hydrogen (secondary N) is 1. The van der Waals surface area contributed by atoms with Crippen molar-refractivity contribution >= 4 is 6.09 Å². The topological polar surface area (TPSA) is 38.3 Å². The molecule has 0 aromatic rings. The summed E-state index contributed by atoms with van der Waals surface area (Å²) in [5, 5.41) is 2.77. The standard InChI is InChI=1S/C9H15NO2/c1-4-7-5-8(6(2)3)10-9(11)12-7/h4,6-8H,1,5H2,2-3H3,(H,10,11)/t7-,8+/m1/s1. The van der Waals surface area contributed by atoms with Crippen molar-refractivity contribution in [2.24, 2.45) is 5.92 Å². The quantitative estimate of drug-likeness (QED) is 0.639. The van der Waals surface area contributed by atoms with Crippen molar-refractivity contribution in [1.82, 2.24) is 5.32 Å². The fourth-order valence-corrected chi connectivity index (χ4v) is 1.26. The van der Waals surface area contributed by atoms with Gasteiger partial charge in [-0.15, -0.1) is 0 Å². The van der Waals surface area contributed by atoms with Crippen molar-refractivity contribution in [3.63, 3.8) is 0 Å². The molecule has 3 nitrogen and oxygen atoms in total. The lowest BCUT2D eigenvalue weighted by atomic mass is 9.97. The highest BCUT2D eigenvalue weighted by atomic mass is 16.6. The highest BCUT2D eigenvalue weighted by Crippen LogP contribution is 2.16. The van der Waals surface area contributed by atoms with Crippen LogP contribution in [0.25, 0.3) is 0 Å². The second-order valence-corrected chi connectivity index (χ2v) is 3.41. The van der Waals surface area contributed by atoms with Crippen molar-refractivity contribution in [3.8, 4) is 0 Å². The molecule has 1 aliphatic rings. The van der Waals surface area contributed by atoms with Crippen molar-refractivity contribution in [1.29, 1.82) is 0 Å². The zero-order valence-corrected chi connectivity index (χ0v) is 7.54. The summed E-state index contributed by atoms with van der Waals surface area (Å²) in [6.07, 6.45) is 2.05. The van der Waals surface area contributed by atoms with Gasteiger partial charge in [0, 0.05) is 12.5 Å². The van der Waals surface area contributed by atoms with Gasteiger partial charge in [-0.1, -0.05) is 26.5 Å². The van der Waals surface area contributed by atoms with Gasteiger partial charge in [0.1, 0.15) is 6.10 Å². The lowest BCUT2D eigenvalue weighted by Gasteiger charge is -2.30. The third kappa shape index (κ3) is 2.00. The number of cyclic esters (lactones) is 1. The zero-order chi connectivity index (χ0) is 9.14. The van der Waals surface area contributed by atoms with Crippen LogP contribution in [0.5, 0.6) is 0 Å². The zero-order valence-electron chi connectivity index (χ0n) is 7.54. The number of amides is 1. The molecule has 2 atom stereocenters. The average molecular weight is 169 g/mol. The van der Waals surface area contributed by atoms with Crippen LogP contribution in [0, 0.1) is 5.92 Å². The summed E-state index contributed by atoms with van der Waals surface area (Å²) in [6, 6.07) is 0.217. The minimum atomic E-state index is -0.329. The third-order valence-corrected chi connectivity index (χ3v) is 2.12. The van der Waals surface area contributed by atoms with Crippen LogP contribution in [-0.2, 0) is 4.74 Å². The van der Waals surface area contributed by atoms with Gasteiger partial charge in [-0.2, -0.15) is 0 Å². The van der Waals surface area contributed by atoms with Gasteiger partial charge in [0.05, 0.1) is 0 Å². The summed E-state index contributed by atoms with van der Waals surface area (Å²) in [5.41, 5.74) is 0. The lowest BCUT2D eigenvalue weighted by Crippen LogP contribution is -2.47. The number of alkyl carbamates (subject to hydrolysis) is 1. The van der Waals surface area contributed by atoms with Crippen molar-refractivity contribution in [3.05, 3.63) is 12.7 Å². The molecule has 3 heteroatoms. The number of carbonyl (C=O) groups excluding carboxylic acids is 1. The van der Waals surface area contributed by atoms with Crippen LogP contribution in [0.1, 0.15) is 20.3 Å². The number of hydrogen-bond donors (Lipinski definition) is 1. The number of carbonyl (C=O) groups is 1. The molecule has 68 valence electrons. The highest BCUT2D eigenvalue weighted by Gasteiger charge is 2.27. The summed E-state index contributed by atoms with van der Waals surface area (Å²) < 4.78 is 4.95. The minimum Gasteiger partial charge on any atom is -0.442 e. The molecule has 0 aliphatic carbocycles. The van der Waals surface area contributed by atoms with E-state index >= 15 is 0 Å². The van der Waals surface area contributed by atoms with Crippen LogP contribution in [0.3, 0.4) is 0 Å². The molecule has 0 unspecified atom stereocenters. The second-order valence-electron chi connectivity index (χ2n) is 3.41. The number of rotatable bonds is 2. The predicted octanol–water partition coefficient (Wildman–Crippen LogP) is 1.70. The van der Waals surface area contributed by atoms with Gasteiger partial charge in [-0.25, -0.2) is 4.79 Å². The number of ether oxygens (including phenoxy) is 1. The Morgan fingerprint density at radius 3 is 2.92 bits per heavy atom. The first-order valence-corrected chi connectivity index (χ1v) is 4.23. The smallest absolute Gasteiger partial charge is 0.407 e. The highest BCUT2D eigenvalue weighted by molar-refractivity contribution is 5.68. The SMILES string of the molecule is C=C[C@@H]1C[C@@H](C(C)C)NC(=O)O1. The van der Waals surface area contributed by atoms with Crippen LogP contribution in [-0.4, -0.2) is 18.2 Å². The lowest BCUT2D eigenvalue weighted by molar-refractivity contribution is 0.0744. The van der Waals surface area contributed by atoms with E-state index in [1.165, 1.54) is 0 Å². The molecule has 1 N–H and O–H groups in total. The Morgan fingerprint density at radius 1 is 1.75 bits per heavy atom. The van der Waals surface area contributed by atoms with Crippen LogP contribution < -0.4 is 5.32 Å². The van der Waals surface area contributed by atoms with Gasteiger partial charge in [0.2, 0.25) is 0 Å². The Bertz CT molecular complexity index is 189. The van der Waals surface area contributed by atoms with Crippen molar-refractivity contribution in [2.45, 2.75) is 32.4 Å². The van der Waals surface area contributed by atoms with Gasteiger partial charge in [0.25, 0.3) is 0 Å². The largest absolute Gasteiger partial charge is 0.442 e. The van der Waals surface area contributed by atoms with E-state index in [4.69, 9.17) is 4.74 Å². The molecule has 0 radical (unpaired) electrons. The van der Waals surface area contributed by atoms with Crippen molar-refractivity contribution < 1.29 is 9.53 Å². The molecule has 1 rings (SSSR count). The van der Waals surface area contributed by atoms with E-state index in [9.17, 15) is 4.79 Å². The molecular weight excluding hydrogens is 154 g/mol. The van der Waals surface area contributed by atoms with Gasteiger partial charge in [-0.05, 0) is 5.92 Å². The molecular formula is C9H15NO2. The summed E-state index contributed by atoms with van der Waals surface area (Å²) in [4.78, 5) is 11.0.